The van der Waals surface area contributed by atoms with Gasteiger partial charge in [-0.15, -0.1) is 0 Å². The van der Waals surface area contributed by atoms with E-state index in [1.807, 2.05) is 13.8 Å². The molecular weight excluding hydrogens is 134 g/mol. The summed E-state index contributed by atoms with van der Waals surface area (Å²) in [6, 6.07) is 0. The minimum absolute atomic E-state index is 0.777. The fourth-order valence-electron chi connectivity index (χ4n) is 2.30. The van der Waals surface area contributed by atoms with Gasteiger partial charge in [-0.3, -0.25) is 0 Å². The molecule has 11 heavy (non-hydrogen) atoms. The Morgan fingerprint density at radius 2 is 1.91 bits per heavy atom. The van der Waals surface area contributed by atoms with Gasteiger partial charge in [-0.1, -0.05) is 27.2 Å². The standard InChI is InChI=1S/C8H15N.C2H6/c1-7-2-3-8(4-7)5-9-6-8;1-2/h7,9H,2-6H2,1H3;1-2H3/t7-;/m1./s1. The van der Waals surface area contributed by atoms with Crippen molar-refractivity contribution < 1.29 is 0 Å². The van der Waals surface area contributed by atoms with Crippen LogP contribution in [0.2, 0.25) is 0 Å². The lowest BCUT2D eigenvalue weighted by molar-refractivity contribution is 0.171. The Kier molecular flexibility index (Phi) is 2.94. The van der Waals surface area contributed by atoms with E-state index in [9.17, 15) is 0 Å². The summed E-state index contributed by atoms with van der Waals surface area (Å²) in [6.07, 6.45) is 4.45. The highest BCUT2D eigenvalue weighted by Gasteiger charge is 2.41. The average Bonchev–Trinajstić information content (AvgIpc) is 2.35. The molecule has 1 saturated carbocycles. The summed E-state index contributed by atoms with van der Waals surface area (Å²) < 4.78 is 0. The minimum atomic E-state index is 0.777. The molecule has 0 aromatic rings. The van der Waals surface area contributed by atoms with E-state index in [0.717, 1.165) is 11.3 Å². The molecule has 0 amide bonds. The molecule has 1 heterocycles. The van der Waals surface area contributed by atoms with Gasteiger partial charge in [0.1, 0.15) is 0 Å². The van der Waals surface area contributed by atoms with Gasteiger partial charge in [-0.05, 0) is 24.2 Å². The van der Waals surface area contributed by atoms with E-state index >= 15 is 0 Å². The smallest absolute Gasteiger partial charge is 0.00203 e. The summed E-state index contributed by atoms with van der Waals surface area (Å²) in [5.41, 5.74) is 0.777. The SMILES string of the molecule is CC.C[C@@H]1CCC2(CNC2)C1. The van der Waals surface area contributed by atoms with Gasteiger partial charge >= 0.3 is 0 Å². The first kappa shape index (κ1) is 9.05. The summed E-state index contributed by atoms with van der Waals surface area (Å²) >= 11 is 0. The second-order valence-electron chi connectivity index (χ2n) is 3.95. The predicted octanol–water partition coefficient (Wildman–Crippen LogP) is 2.42. The molecule has 1 aliphatic carbocycles. The Morgan fingerprint density at radius 3 is 2.09 bits per heavy atom. The second kappa shape index (κ2) is 3.57. The van der Waals surface area contributed by atoms with Crippen LogP contribution in [0.15, 0.2) is 0 Å². The molecule has 2 aliphatic rings. The molecule has 0 aromatic heterocycles. The zero-order valence-corrected chi connectivity index (χ0v) is 8.11. The van der Waals surface area contributed by atoms with Crippen LogP contribution in [-0.2, 0) is 0 Å². The maximum atomic E-state index is 3.36. The minimum Gasteiger partial charge on any atom is -0.316 e. The van der Waals surface area contributed by atoms with E-state index in [2.05, 4.69) is 12.2 Å². The molecule has 0 radical (unpaired) electrons. The third-order valence-electron chi connectivity index (χ3n) is 2.95. The Balaban J connectivity index is 0.000000281. The molecule has 1 spiro atoms. The van der Waals surface area contributed by atoms with Gasteiger partial charge in [-0.25, -0.2) is 0 Å². The molecule has 66 valence electrons. The summed E-state index contributed by atoms with van der Waals surface area (Å²) in [6.45, 7) is 8.99. The Labute approximate surface area is 70.6 Å². The Bertz CT molecular complexity index is 116. The van der Waals surface area contributed by atoms with Crippen molar-refractivity contribution in [2.75, 3.05) is 13.1 Å². The first-order valence-corrected chi connectivity index (χ1v) is 5.02. The van der Waals surface area contributed by atoms with Gasteiger partial charge in [0, 0.05) is 13.1 Å². The topological polar surface area (TPSA) is 12.0 Å². The van der Waals surface area contributed by atoms with Crippen LogP contribution in [0, 0.1) is 11.3 Å². The summed E-state index contributed by atoms with van der Waals surface area (Å²) in [4.78, 5) is 0. The normalized spacial score (nSPS) is 32.5. The third kappa shape index (κ3) is 1.76. The Hall–Kier alpha value is -0.0400. The summed E-state index contributed by atoms with van der Waals surface area (Å²) in [5.74, 6) is 1.01. The largest absolute Gasteiger partial charge is 0.316 e. The first-order chi connectivity index (χ1) is 5.31. The third-order valence-corrected chi connectivity index (χ3v) is 2.95. The molecular formula is C10H21N. The van der Waals surface area contributed by atoms with Crippen molar-refractivity contribution in [3.63, 3.8) is 0 Å². The van der Waals surface area contributed by atoms with Crippen molar-refractivity contribution in [2.24, 2.45) is 11.3 Å². The maximum Gasteiger partial charge on any atom is 0.00203 e. The quantitative estimate of drug-likeness (QED) is 0.566. The zero-order valence-electron chi connectivity index (χ0n) is 8.11. The van der Waals surface area contributed by atoms with E-state index in [1.165, 1.54) is 32.4 Å². The van der Waals surface area contributed by atoms with Crippen LogP contribution in [0.3, 0.4) is 0 Å². The van der Waals surface area contributed by atoms with Crippen molar-refractivity contribution >= 4 is 0 Å². The lowest BCUT2D eigenvalue weighted by Crippen LogP contribution is -2.51. The molecule has 1 atom stereocenters. The first-order valence-electron chi connectivity index (χ1n) is 5.02. The molecule has 2 rings (SSSR count). The molecule has 1 N–H and O–H groups in total. The van der Waals surface area contributed by atoms with E-state index in [-0.39, 0.29) is 0 Å². The van der Waals surface area contributed by atoms with Gasteiger partial charge in [-0.2, -0.15) is 0 Å². The number of nitrogens with one attached hydrogen (secondary N) is 1. The van der Waals surface area contributed by atoms with Crippen molar-refractivity contribution in [2.45, 2.75) is 40.0 Å². The molecule has 1 heteroatoms. The molecule has 0 unspecified atom stereocenters. The van der Waals surface area contributed by atoms with Crippen LogP contribution < -0.4 is 5.32 Å². The van der Waals surface area contributed by atoms with Gasteiger partial charge in [0.15, 0.2) is 0 Å². The van der Waals surface area contributed by atoms with Gasteiger partial charge < -0.3 is 5.32 Å². The summed E-state index contributed by atoms with van der Waals surface area (Å²) in [5, 5.41) is 3.36. The van der Waals surface area contributed by atoms with Crippen molar-refractivity contribution in [1.29, 1.82) is 0 Å². The lowest BCUT2D eigenvalue weighted by atomic mass is 9.80. The molecule has 0 bridgehead atoms. The zero-order chi connectivity index (χ0) is 8.32. The van der Waals surface area contributed by atoms with Crippen molar-refractivity contribution in [1.82, 2.24) is 5.32 Å². The second-order valence-corrected chi connectivity index (χ2v) is 3.95. The van der Waals surface area contributed by atoms with E-state index in [1.54, 1.807) is 0 Å². The van der Waals surface area contributed by atoms with Crippen molar-refractivity contribution in [3.05, 3.63) is 0 Å². The molecule has 2 fully saturated rings. The van der Waals surface area contributed by atoms with E-state index in [4.69, 9.17) is 0 Å². The molecule has 1 nitrogen and oxygen atoms in total. The highest BCUT2D eigenvalue weighted by molar-refractivity contribution is 4.97. The van der Waals surface area contributed by atoms with Crippen LogP contribution in [0.25, 0.3) is 0 Å². The van der Waals surface area contributed by atoms with Crippen LogP contribution >= 0.6 is 0 Å². The van der Waals surface area contributed by atoms with Crippen LogP contribution in [-0.4, -0.2) is 13.1 Å². The van der Waals surface area contributed by atoms with Crippen LogP contribution in [0.5, 0.6) is 0 Å². The number of hydrogen-bond acceptors (Lipinski definition) is 1. The lowest BCUT2D eigenvalue weighted by Gasteiger charge is -2.39. The molecule has 1 saturated heterocycles. The van der Waals surface area contributed by atoms with Gasteiger partial charge in [0.05, 0.1) is 0 Å². The van der Waals surface area contributed by atoms with Gasteiger partial charge in [0.2, 0.25) is 0 Å². The molecule has 0 aromatic carbocycles. The van der Waals surface area contributed by atoms with Gasteiger partial charge in [0.25, 0.3) is 0 Å². The number of hydrogen-bond donors (Lipinski definition) is 1. The number of rotatable bonds is 0. The van der Waals surface area contributed by atoms with Crippen molar-refractivity contribution in [3.8, 4) is 0 Å². The highest BCUT2D eigenvalue weighted by atomic mass is 15.0. The van der Waals surface area contributed by atoms with E-state index in [0.29, 0.717) is 0 Å². The van der Waals surface area contributed by atoms with Crippen LogP contribution in [0.4, 0.5) is 0 Å². The van der Waals surface area contributed by atoms with E-state index < -0.39 is 0 Å². The monoisotopic (exact) mass is 155 g/mol. The predicted molar refractivity (Wildman–Crippen MR) is 49.7 cm³/mol. The van der Waals surface area contributed by atoms with Crippen LogP contribution in [0.1, 0.15) is 40.0 Å². The fourth-order valence-corrected chi connectivity index (χ4v) is 2.30. The Morgan fingerprint density at radius 1 is 1.27 bits per heavy atom. The fraction of sp³-hybridized carbons (Fsp3) is 1.00. The summed E-state index contributed by atoms with van der Waals surface area (Å²) in [7, 11) is 0. The maximum absolute atomic E-state index is 3.36. The average molecular weight is 155 g/mol. The molecule has 1 aliphatic heterocycles. The highest BCUT2D eigenvalue weighted by Crippen LogP contribution is 2.43.